The molecule has 0 N–H and O–H groups in total. The summed E-state index contributed by atoms with van der Waals surface area (Å²) in [5.74, 6) is 1.86. The zero-order valence-electron chi connectivity index (χ0n) is 13.9. The molecule has 7 heteroatoms. The molecule has 2 saturated heterocycles. The van der Waals surface area contributed by atoms with Gasteiger partial charge in [0.15, 0.2) is 0 Å². The molecule has 0 aliphatic carbocycles. The van der Waals surface area contributed by atoms with Gasteiger partial charge in [0, 0.05) is 64.6 Å². The van der Waals surface area contributed by atoms with Crippen molar-refractivity contribution in [3.63, 3.8) is 0 Å². The molecule has 0 atom stereocenters. The molecule has 0 unspecified atom stereocenters. The van der Waals surface area contributed by atoms with Crippen molar-refractivity contribution in [3.05, 3.63) is 47.1 Å². The van der Waals surface area contributed by atoms with E-state index in [-0.39, 0.29) is 5.56 Å². The molecular formula is C17H22N6O. The summed E-state index contributed by atoms with van der Waals surface area (Å²) in [5.41, 5.74) is -0.00701. The van der Waals surface area contributed by atoms with Crippen molar-refractivity contribution < 1.29 is 0 Å². The largest absolute Gasteiger partial charge is 0.354 e. The third-order valence-electron chi connectivity index (χ3n) is 4.95. The number of nitrogens with zero attached hydrogens (tertiary/aromatic N) is 6. The molecule has 126 valence electrons. The highest BCUT2D eigenvalue weighted by Gasteiger charge is 2.34. The van der Waals surface area contributed by atoms with E-state index >= 15 is 0 Å². The molecule has 7 nitrogen and oxygen atoms in total. The molecule has 0 radical (unpaired) electrons. The molecule has 2 fully saturated rings. The fraction of sp³-hybridized carbons (Fsp3) is 0.471. The summed E-state index contributed by atoms with van der Waals surface area (Å²) in [6, 6.07) is 8.24. The minimum atomic E-state index is -0.00701. The van der Waals surface area contributed by atoms with Gasteiger partial charge in [-0.25, -0.2) is 9.97 Å². The number of hydrogen-bond acceptors (Lipinski definition) is 6. The Morgan fingerprint density at radius 2 is 1.79 bits per heavy atom. The summed E-state index contributed by atoms with van der Waals surface area (Å²) in [5, 5.41) is 0. The van der Waals surface area contributed by atoms with Crippen molar-refractivity contribution in [1.82, 2.24) is 19.4 Å². The minimum Gasteiger partial charge on any atom is -0.354 e. The average Bonchev–Trinajstić information content (AvgIpc) is 2.58. The van der Waals surface area contributed by atoms with E-state index in [4.69, 9.17) is 0 Å². The van der Waals surface area contributed by atoms with Crippen molar-refractivity contribution in [2.45, 2.75) is 6.04 Å². The molecule has 24 heavy (non-hydrogen) atoms. The monoisotopic (exact) mass is 326 g/mol. The van der Waals surface area contributed by atoms with E-state index in [0.29, 0.717) is 6.04 Å². The molecule has 0 saturated carbocycles. The van der Waals surface area contributed by atoms with E-state index in [1.165, 1.54) is 4.57 Å². The third kappa shape index (κ3) is 2.87. The second kappa shape index (κ2) is 6.24. The topological polar surface area (TPSA) is 57.5 Å². The second-order valence-electron chi connectivity index (χ2n) is 6.47. The lowest BCUT2D eigenvalue weighted by Crippen LogP contribution is -2.63. The first-order valence-corrected chi connectivity index (χ1v) is 8.38. The van der Waals surface area contributed by atoms with Gasteiger partial charge in [-0.15, -0.1) is 0 Å². The molecule has 2 aliphatic heterocycles. The highest BCUT2D eigenvalue weighted by molar-refractivity contribution is 5.42. The summed E-state index contributed by atoms with van der Waals surface area (Å²) in [7, 11) is 1.72. The van der Waals surface area contributed by atoms with Gasteiger partial charge < -0.3 is 14.4 Å². The van der Waals surface area contributed by atoms with Crippen LogP contribution in [0.2, 0.25) is 0 Å². The van der Waals surface area contributed by atoms with Crippen LogP contribution in [0.3, 0.4) is 0 Å². The van der Waals surface area contributed by atoms with E-state index in [1.807, 2.05) is 18.3 Å². The first-order valence-electron chi connectivity index (χ1n) is 8.38. The van der Waals surface area contributed by atoms with Crippen molar-refractivity contribution in [3.8, 4) is 0 Å². The molecule has 4 rings (SSSR count). The van der Waals surface area contributed by atoms with Gasteiger partial charge in [0.2, 0.25) is 0 Å². The first kappa shape index (κ1) is 15.1. The minimum absolute atomic E-state index is 0.00701. The number of aromatic nitrogens is 3. The molecule has 0 amide bonds. The van der Waals surface area contributed by atoms with Crippen LogP contribution in [0.25, 0.3) is 0 Å². The van der Waals surface area contributed by atoms with Gasteiger partial charge in [-0.1, -0.05) is 6.07 Å². The Labute approximate surface area is 141 Å². The average molecular weight is 326 g/mol. The van der Waals surface area contributed by atoms with Crippen LogP contribution in [0.1, 0.15) is 0 Å². The fourth-order valence-corrected chi connectivity index (χ4v) is 3.36. The molecular weight excluding hydrogens is 304 g/mol. The Morgan fingerprint density at radius 1 is 1.00 bits per heavy atom. The molecule has 0 aromatic carbocycles. The highest BCUT2D eigenvalue weighted by Crippen LogP contribution is 2.22. The highest BCUT2D eigenvalue weighted by atomic mass is 16.1. The number of piperazine rings is 1. The van der Waals surface area contributed by atoms with Crippen LogP contribution in [-0.4, -0.2) is 64.7 Å². The van der Waals surface area contributed by atoms with Gasteiger partial charge in [-0.05, 0) is 12.1 Å². The summed E-state index contributed by atoms with van der Waals surface area (Å²) in [6.45, 7) is 6.03. The number of aryl methyl sites for hydroxylation is 1. The number of rotatable bonds is 3. The zero-order valence-corrected chi connectivity index (χ0v) is 13.9. The lowest BCUT2D eigenvalue weighted by molar-refractivity contribution is 0.156. The van der Waals surface area contributed by atoms with E-state index in [2.05, 4.69) is 30.7 Å². The van der Waals surface area contributed by atoms with Gasteiger partial charge >= 0.3 is 0 Å². The summed E-state index contributed by atoms with van der Waals surface area (Å²) >= 11 is 0. The van der Waals surface area contributed by atoms with Crippen LogP contribution in [0, 0.1) is 0 Å². The van der Waals surface area contributed by atoms with Gasteiger partial charge in [0.05, 0.1) is 6.33 Å². The predicted octanol–water partition coefficient (Wildman–Crippen LogP) is 0.186. The Balaban J connectivity index is 1.31. The predicted molar refractivity (Wildman–Crippen MR) is 93.5 cm³/mol. The quantitative estimate of drug-likeness (QED) is 0.802. The lowest BCUT2D eigenvalue weighted by Gasteiger charge is -2.48. The van der Waals surface area contributed by atoms with Crippen LogP contribution < -0.4 is 15.4 Å². The Hall–Kier alpha value is -2.41. The molecule has 2 aromatic rings. The van der Waals surface area contributed by atoms with E-state index < -0.39 is 0 Å². The van der Waals surface area contributed by atoms with Gasteiger partial charge in [-0.2, -0.15) is 0 Å². The van der Waals surface area contributed by atoms with Crippen LogP contribution in [0.15, 0.2) is 41.6 Å². The van der Waals surface area contributed by atoms with E-state index in [0.717, 1.165) is 50.9 Å². The Kier molecular flexibility index (Phi) is 3.93. The van der Waals surface area contributed by atoms with Gasteiger partial charge in [0.1, 0.15) is 11.6 Å². The maximum atomic E-state index is 11.7. The Morgan fingerprint density at radius 3 is 2.46 bits per heavy atom. The number of pyridine rings is 1. The summed E-state index contributed by atoms with van der Waals surface area (Å²) in [4.78, 5) is 27.6. The summed E-state index contributed by atoms with van der Waals surface area (Å²) < 4.78 is 1.50. The maximum Gasteiger partial charge on any atom is 0.255 e. The van der Waals surface area contributed by atoms with Gasteiger partial charge in [-0.3, -0.25) is 9.69 Å². The van der Waals surface area contributed by atoms with Crippen LogP contribution in [0.5, 0.6) is 0 Å². The van der Waals surface area contributed by atoms with E-state index in [1.54, 1.807) is 19.4 Å². The standard InChI is InChI=1S/C17H22N6O/c1-20-13-19-16(10-17(20)24)23-11-14(12-23)21-6-8-22(9-7-21)15-4-2-3-5-18-15/h2-5,10,13-14H,6-9,11-12H2,1H3. The molecule has 0 spiro atoms. The SMILES string of the molecule is Cn1cnc(N2CC(N3CCN(c4ccccn4)CC3)C2)cc1=O. The van der Waals surface area contributed by atoms with E-state index in [9.17, 15) is 4.79 Å². The number of hydrogen-bond donors (Lipinski definition) is 0. The second-order valence-corrected chi connectivity index (χ2v) is 6.47. The molecule has 2 aliphatic rings. The van der Waals surface area contributed by atoms with Gasteiger partial charge in [0.25, 0.3) is 5.56 Å². The van der Waals surface area contributed by atoms with Crippen molar-refractivity contribution in [2.24, 2.45) is 7.05 Å². The molecule has 2 aromatic heterocycles. The molecule has 4 heterocycles. The summed E-state index contributed by atoms with van der Waals surface area (Å²) in [6.07, 6.45) is 3.44. The Bertz CT molecular complexity index is 747. The smallest absolute Gasteiger partial charge is 0.255 e. The number of anilines is 2. The first-order chi connectivity index (χ1) is 11.7. The van der Waals surface area contributed by atoms with Crippen molar-refractivity contribution in [2.75, 3.05) is 49.1 Å². The van der Waals surface area contributed by atoms with Crippen molar-refractivity contribution >= 4 is 11.6 Å². The van der Waals surface area contributed by atoms with Crippen LogP contribution >= 0.6 is 0 Å². The fourth-order valence-electron chi connectivity index (χ4n) is 3.36. The lowest BCUT2D eigenvalue weighted by atomic mass is 10.1. The molecule has 0 bridgehead atoms. The van der Waals surface area contributed by atoms with Crippen LogP contribution in [-0.2, 0) is 7.05 Å². The normalized spacial score (nSPS) is 19.4. The third-order valence-corrected chi connectivity index (χ3v) is 4.95. The van der Waals surface area contributed by atoms with Crippen molar-refractivity contribution in [1.29, 1.82) is 0 Å². The maximum absolute atomic E-state index is 11.7. The zero-order chi connectivity index (χ0) is 16.5. The van der Waals surface area contributed by atoms with Crippen LogP contribution in [0.4, 0.5) is 11.6 Å².